The summed E-state index contributed by atoms with van der Waals surface area (Å²) in [6, 6.07) is 0. The standard InChI is InChI=1S/C10H13BrN2/c1-3-8-6-4-5-7-9(11)13-10(8)12-2/h12H,3,5,7H2,1-2H3/b10-8-,13-9?. The van der Waals surface area contributed by atoms with Gasteiger partial charge >= 0.3 is 0 Å². The zero-order valence-corrected chi connectivity index (χ0v) is 9.53. The number of allylic oxidation sites excluding steroid dienone is 1. The predicted octanol–water partition coefficient (Wildman–Crippen LogP) is 2.42. The molecule has 0 aromatic heterocycles. The van der Waals surface area contributed by atoms with E-state index in [9.17, 15) is 0 Å². The van der Waals surface area contributed by atoms with Crippen LogP contribution >= 0.6 is 15.9 Å². The van der Waals surface area contributed by atoms with Crippen LogP contribution in [0, 0.1) is 11.8 Å². The summed E-state index contributed by atoms with van der Waals surface area (Å²) in [4.78, 5) is 4.41. The molecular weight excluding hydrogens is 228 g/mol. The fourth-order valence-corrected chi connectivity index (χ4v) is 1.48. The average Bonchev–Trinajstić information content (AvgIpc) is 2.11. The van der Waals surface area contributed by atoms with Gasteiger partial charge in [-0.2, -0.15) is 0 Å². The molecule has 0 bridgehead atoms. The third kappa shape index (κ3) is 2.89. The highest BCUT2D eigenvalue weighted by atomic mass is 79.9. The van der Waals surface area contributed by atoms with Crippen LogP contribution in [0.5, 0.6) is 0 Å². The van der Waals surface area contributed by atoms with Crippen molar-refractivity contribution in [1.82, 2.24) is 5.32 Å². The van der Waals surface area contributed by atoms with Gasteiger partial charge in [-0.25, -0.2) is 4.99 Å². The molecule has 0 aromatic rings. The molecule has 0 amide bonds. The SMILES string of the molecule is CC/C1=C(\NC)N=C(Br)CCC#C1. The summed E-state index contributed by atoms with van der Waals surface area (Å²) in [6.45, 7) is 2.09. The molecule has 3 heteroatoms. The fraction of sp³-hybridized carbons (Fsp3) is 0.500. The Morgan fingerprint density at radius 3 is 3.00 bits per heavy atom. The third-order valence-corrected chi connectivity index (χ3v) is 2.38. The van der Waals surface area contributed by atoms with Crippen molar-refractivity contribution in [3.05, 3.63) is 11.4 Å². The molecule has 13 heavy (non-hydrogen) atoms. The van der Waals surface area contributed by atoms with Gasteiger partial charge in [0.05, 0.1) is 4.62 Å². The van der Waals surface area contributed by atoms with E-state index in [1.165, 1.54) is 0 Å². The molecule has 70 valence electrons. The molecule has 0 radical (unpaired) electrons. The normalized spacial score (nSPS) is 22.2. The minimum atomic E-state index is 0.880. The maximum absolute atomic E-state index is 4.41. The van der Waals surface area contributed by atoms with E-state index in [0.717, 1.165) is 35.3 Å². The van der Waals surface area contributed by atoms with Crippen molar-refractivity contribution in [2.24, 2.45) is 4.99 Å². The van der Waals surface area contributed by atoms with Gasteiger partial charge in [0.25, 0.3) is 0 Å². The van der Waals surface area contributed by atoms with Gasteiger partial charge in [0.15, 0.2) is 0 Å². The zero-order valence-electron chi connectivity index (χ0n) is 7.95. The van der Waals surface area contributed by atoms with E-state index >= 15 is 0 Å². The van der Waals surface area contributed by atoms with Crippen molar-refractivity contribution in [2.45, 2.75) is 26.2 Å². The fourth-order valence-electron chi connectivity index (χ4n) is 1.10. The lowest BCUT2D eigenvalue weighted by molar-refractivity contribution is 0.918. The molecule has 0 spiro atoms. The molecule has 0 aromatic carbocycles. The molecular formula is C10H13BrN2. The number of rotatable bonds is 2. The largest absolute Gasteiger partial charge is 0.372 e. The van der Waals surface area contributed by atoms with Crippen molar-refractivity contribution >= 4 is 20.6 Å². The van der Waals surface area contributed by atoms with E-state index in [-0.39, 0.29) is 0 Å². The Bertz CT molecular complexity index is 305. The Kier molecular flexibility index (Phi) is 4.04. The zero-order chi connectivity index (χ0) is 9.68. The monoisotopic (exact) mass is 240 g/mol. The van der Waals surface area contributed by atoms with Gasteiger partial charge < -0.3 is 5.32 Å². The minimum absolute atomic E-state index is 0.880. The van der Waals surface area contributed by atoms with E-state index < -0.39 is 0 Å². The first-order valence-electron chi connectivity index (χ1n) is 4.40. The van der Waals surface area contributed by atoms with Gasteiger partial charge in [-0.15, -0.1) is 0 Å². The smallest absolute Gasteiger partial charge is 0.138 e. The highest BCUT2D eigenvalue weighted by Crippen LogP contribution is 2.12. The van der Waals surface area contributed by atoms with E-state index in [0.29, 0.717) is 0 Å². The summed E-state index contributed by atoms with van der Waals surface area (Å²) in [5, 5.41) is 3.06. The lowest BCUT2D eigenvalue weighted by Crippen LogP contribution is -2.09. The number of nitrogens with one attached hydrogen (secondary N) is 1. The number of halogens is 1. The maximum Gasteiger partial charge on any atom is 0.138 e. The Morgan fingerprint density at radius 1 is 1.62 bits per heavy atom. The van der Waals surface area contributed by atoms with Crippen molar-refractivity contribution in [2.75, 3.05) is 7.05 Å². The van der Waals surface area contributed by atoms with Crippen molar-refractivity contribution in [1.29, 1.82) is 0 Å². The third-order valence-electron chi connectivity index (χ3n) is 1.80. The summed E-state index contributed by atoms with van der Waals surface area (Å²) >= 11 is 3.42. The lowest BCUT2D eigenvalue weighted by atomic mass is 10.2. The molecule has 1 N–H and O–H groups in total. The molecule has 1 heterocycles. The van der Waals surface area contributed by atoms with Crippen molar-refractivity contribution in [3.63, 3.8) is 0 Å². The molecule has 0 saturated heterocycles. The van der Waals surface area contributed by atoms with Crippen molar-refractivity contribution < 1.29 is 0 Å². The second-order valence-electron chi connectivity index (χ2n) is 2.72. The first-order chi connectivity index (χ1) is 6.27. The van der Waals surface area contributed by atoms with E-state index in [4.69, 9.17) is 0 Å². The number of nitrogens with zero attached hydrogens (tertiary/aromatic N) is 1. The second-order valence-corrected chi connectivity index (χ2v) is 3.64. The highest BCUT2D eigenvalue weighted by molar-refractivity contribution is 9.18. The molecule has 1 aliphatic heterocycles. The van der Waals surface area contributed by atoms with Crippen LogP contribution in [-0.2, 0) is 0 Å². The maximum atomic E-state index is 4.41. The summed E-state index contributed by atoms with van der Waals surface area (Å²) in [7, 11) is 1.87. The molecule has 0 aliphatic carbocycles. The van der Waals surface area contributed by atoms with E-state index in [2.05, 4.69) is 45.0 Å². The van der Waals surface area contributed by atoms with Gasteiger partial charge in [-0.3, -0.25) is 0 Å². The van der Waals surface area contributed by atoms with Gasteiger partial charge in [0.1, 0.15) is 5.82 Å². The Balaban J connectivity index is 3.05. The Hall–Kier alpha value is -0.750. The van der Waals surface area contributed by atoms with E-state index in [1.807, 2.05) is 7.05 Å². The molecule has 0 saturated carbocycles. The van der Waals surface area contributed by atoms with Crippen LogP contribution in [0.2, 0.25) is 0 Å². The van der Waals surface area contributed by atoms with Crippen LogP contribution in [0.4, 0.5) is 0 Å². The van der Waals surface area contributed by atoms with Gasteiger partial charge in [0.2, 0.25) is 0 Å². The van der Waals surface area contributed by atoms with Gasteiger partial charge in [-0.1, -0.05) is 18.8 Å². The number of aliphatic imine (C=N–C) groups is 1. The molecule has 2 nitrogen and oxygen atoms in total. The predicted molar refractivity (Wildman–Crippen MR) is 59.7 cm³/mol. The van der Waals surface area contributed by atoms with Gasteiger partial charge in [-0.05, 0) is 22.4 Å². The summed E-state index contributed by atoms with van der Waals surface area (Å²) in [6.07, 6.45) is 2.70. The van der Waals surface area contributed by atoms with Crippen LogP contribution in [0.1, 0.15) is 26.2 Å². The van der Waals surface area contributed by atoms with Crippen LogP contribution in [0.3, 0.4) is 0 Å². The molecule has 0 atom stereocenters. The van der Waals surface area contributed by atoms with Crippen molar-refractivity contribution in [3.8, 4) is 11.8 Å². The van der Waals surface area contributed by atoms with Gasteiger partial charge in [0, 0.05) is 25.5 Å². The summed E-state index contributed by atoms with van der Waals surface area (Å²) < 4.78 is 0.969. The second kappa shape index (κ2) is 5.08. The molecule has 1 aliphatic rings. The Labute approximate surface area is 87.6 Å². The number of hydrogen-bond acceptors (Lipinski definition) is 2. The van der Waals surface area contributed by atoms with Crippen LogP contribution in [-0.4, -0.2) is 11.7 Å². The number of hydrogen-bond donors (Lipinski definition) is 1. The molecule has 0 unspecified atom stereocenters. The highest BCUT2D eigenvalue weighted by Gasteiger charge is 2.03. The first kappa shape index (κ1) is 10.3. The van der Waals surface area contributed by atoms with Crippen LogP contribution in [0.15, 0.2) is 16.4 Å². The summed E-state index contributed by atoms with van der Waals surface area (Å²) in [5.41, 5.74) is 1.08. The molecule has 1 rings (SSSR count). The van der Waals surface area contributed by atoms with E-state index in [1.54, 1.807) is 0 Å². The lowest BCUT2D eigenvalue weighted by Gasteiger charge is -2.07. The first-order valence-corrected chi connectivity index (χ1v) is 5.20. The van der Waals surface area contributed by atoms with Crippen LogP contribution < -0.4 is 5.32 Å². The minimum Gasteiger partial charge on any atom is -0.372 e. The quantitative estimate of drug-likeness (QED) is 0.737. The molecule has 0 fully saturated rings. The summed E-state index contributed by atoms with van der Waals surface area (Å²) in [5.74, 6) is 7.15. The van der Waals surface area contributed by atoms with Crippen LogP contribution in [0.25, 0.3) is 0 Å². The average molecular weight is 241 g/mol. The Morgan fingerprint density at radius 2 is 2.38 bits per heavy atom. The topological polar surface area (TPSA) is 24.4 Å².